The number of nitrogens with zero attached hydrogens (tertiary/aromatic N) is 2. The molecule has 17 heavy (non-hydrogen) atoms. The molecular weight excluding hydrogens is 240 g/mol. The third-order valence-corrected chi connectivity index (χ3v) is 3.33. The molecular formula is C11H6N2O3S. The van der Waals surface area contributed by atoms with Gasteiger partial charge in [0.05, 0.1) is 16.3 Å². The number of benzene rings is 1. The number of para-hydroxylation sites is 1. The van der Waals surface area contributed by atoms with E-state index in [1.807, 2.05) is 24.3 Å². The molecule has 2 aromatic heterocycles. The Balaban J connectivity index is 2.10. The lowest BCUT2D eigenvalue weighted by atomic mass is 10.3. The molecule has 84 valence electrons. The maximum atomic E-state index is 10.5. The van der Waals surface area contributed by atoms with Gasteiger partial charge in [-0.3, -0.25) is 10.1 Å². The summed E-state index contributed by atoms with van der Waals surface area (Å²) < 4.78 is 6.14. The molecule has 0 saturated heterocycles. The quantitative estimate of drug-likeness (QED) is 0.512. The summed E-state index contributed by atoms with van der Waals surface area (Å²) in [7, 11) is 0. The summed E-state index contributed by atoms with van der Waals surface area (Å²) in [5.41, 5.74) is 0.867. The molecule has 0 aliphatic heterocycles. The van der Waals surface area contributed by atoms with Crippen LogP contribution in [0.5, 0.6) is 0 Å². The van der Waals surface area contributed by atoms with Crippen LogP contribution in [-0.4, -0.2) is 9.91 Å². The first kappa shape index (κ1) is 9.98. The molecule has 0 unspecified atom stereocenters. The van der Waals surface area contributed by atoms with Crippen molar-refractivity contribution < 1.29 is 9.34 Å². The van der Waals surface area contributed by atoms with E-state index in [0.717, 1.165) is 10.2 Å². The van der Waals surface area contributed by atoms with E-state index >= 15 is 0 Å². The molecule has 0 N–H and O–H groups in total. The summed E-state index contributed by atoms with van der Waals surface area (Å²) in [4.78, 5) is 14.3. The van der Waals surface area contributed by atoms with E-state index in [-0.39, 0.29) is 5.88 Å². The Labute approximate surface area is 99.5 Å². The van der Waals surface area contributed by atoms with E-state index in [0.29, 0.717) is 10.8 Å². The molecule has 5 nitrogen and oxygen atoms in total. The maximum Gasteiger partial charge on any atom is 0.433 e. The van der Waals surface area contributed by atoms with E-state index in [9.17, 15) is 10.1 Å². The first-order valence-corrected chi connectivity index (χ1v) is 5.66. The Morgan fingerprint density at radius 1 is 1.24 bits per heavy atom. The number of thiazole rings is 1. The fraction of sp³-hybridized carbons (Fsp3) is 0. The molecule has 2 heterocycles. The second kappa shape index (κ2) is 3.67. The predicted molar refractivity (Wildman–Crippen MR) is 64.0 cm³/mol. The average molecular weight is 246 g/mol. The van der Waals surface area contributed by atoms with Crippen LogP contribution in [0, 0.1) is 10.1 Å². The molecule has 0 amide bonds. The van der Waals surface area contributed by atoms with Crippen LogP contribution >= 0.6 is 11.3 Å². The highest BCUT2D eigenvalue weighted by atomic mass is 32.1. The fourth-order valence-electron chi connectivity index (χ4n) is 1.52. The maximum absolute atomic E-state index is 10.5. The van der Waals surface area contributed by atoms with Crippen molar-refractivity contribution in [2.75, 3.05) is 0 Å². The summed E-state index contributed by atoms with van der Waals surface area (Å²) in [6.45, 7) is 0. The summed E-state index contributed by atoms with van der Waals surface area (Å²) in [6.07, 6.45) is 0. The molecule has 1 aromatic carbocycles. The Morgan fingerprint density at radius 2 is 2.06 bits per heavy atom. The van der Waals surface area contributed by atoms with E-state index in [4.69, 9.17) is 4.42 Å². The fourth-order valence-corrected chi connectivity index (χ4v) is 2.45. The molecule has 3 aromatic rings. The van der Waals surface area contributed by atoms with Crippen LogP contribution in [0.1, 0.15) is 0 Å². The van der Waals surface area contributed by atoms with Gasteiger partial charge in [0.1, 0.15) is 4.92 Å². The Bertz CT molecular complexity index is 668. The van der Waals surface area contributed by atoms with Gasteiger partial charge in [0.2, 0.25) is 0 Å². The van der Waals surface area contributed by atoms with Crippen LogP contribution in [0.3, 0.4) is 0 Å². The molecule has 0 aliphatic rings. The predicted octanol–water partition coefficient (Wildman–Crippen LogP) is 3.46. The van der Waals surface area contributed by atoms with Crippen molar-refractivity contribution in [1.82, 2.24) is 4.98 Å². The number of hydrogen-bond acceptors (Lipinski definition) is 5. The molecule has 3 rings (SSSR count). The molecule has 0 aliphatic carbocycles. The van der Waals surface area contributed by atoms with Crippen LogP contribution in [0.4, 0.5) is 5.88 Å². The summed E-state index contributed by atoms with van der Waals surface area (Å²) >= 11 is 1.45. The van der Waals surface area contributed by atoms with Crippen molar-refractivity contribution in [2.45, 2.75) is 0 Å². The van der Waals surface area contributed by atoms with Gasteiger partial charge in [-0.15, -0.1) is 11.3 Å². The van der Waals surface area contributed by atoms with Crippen LogP contribution < -0.4 is 0 Å². The minimum Gasteiger partial charge on any atom is -0.398 e. The van der Waals surface area contributed by atoms with Crippen molar-refractivity contribution in [2.24, 2.45) is 0 Å². The van der Waals surface area contributed by atoms with Gasteiger partial charge in [-0.1, -0.05) is 12.1 Å². The standard InChI is InChI=1S/C11H6N2O3S/c14-13(15)10-6-5-8(16-10)11-12-7-3-1-2-4-9(7)17-11/h1-6H. The number of aromatic nitrogens is 1. The van der Waals surface area contributed by atoms with Gasteiger partial charge < -0.3 is 4.42 Å². The lowest BCUT2D eigenvalue weighted by Gasteiger charge is -1.85. The van der Waals surface area contributed by atoms with Crippen molar-refractivity contribution in [3.05, 3.63) is 46.5 Å². The first-order chi connectivity index (χ1) is 8.24. The minimum absolute atomic E-state index is 0.265. The highest BCUT2D eigenvalue weighted by Gasteiger charge is 2.15. The van der Waals surface area contributed by atoms with E-state index in [2.05, 4.69) is 4.98 Å². The molecule has 0 saturated carbocycles. The minimum atomic E-state index is -0.559. The smallest absolute Gasteiger partial charge is 0.398 e. The molecule has 0 bridgehead atoms. The van der Waals surface area contributed by atoms with Gasteiger partial charge in [0, 0.05) is 0 Å². The third-order valence-electron chi connectivity index (χ3n) is 2.28. The van der Waals surface area contributed by atoms with Crippen LogP contribution in [-0.2, 0) is 0 Å². The van der Waals surface area contributed by atoms with E-state index in [1.54, 1.807) is 6.07 Å². The van der Waals surface area contributed by atoms with Crippen LogP contribution in [0.15, 0.2) is 40.8 Å². The van der Waals surface area contributed by atoms with Crippen LogP contribution in [0.25, 0.3) is 21.0 Å². The average Bonchev–Trinajstić information content (AvgIpc) is 2.95. The van der Waals surface area contributed by atoms with Crippen molar-refractivity contribution in [3.8, 4) is 10.8 Å². The zero-order valence-corrected chi connectivity index (χ0v) is 9.31. The summed E-state index contributed by atoms with van der Waals surface area (Å²) in [5, 5.41) is 11.2. The molecule has 0 atom stereocenters. The van der Waals surface area contributed by atoms with Crippen molar-refractivity contribution >= 4 is 27.4 Å². The Hall–Kier alpha value is -2.21. The molecule has 6 heteroatoms. The molecule has 0 radical (unpaired) electrons. The summed E-state index contributed by atoms with van der Waals surface area (Å²) in [5.74, 6) is 0.164. The lowest BCUT2D eigenvalue weighted by Crippen LogP contribution is -1.82. The Morgan fingerprint density at radius 3 is 2.76 bits per heavy atom. The van der Waals surface area contributed by atoms with Crippen LogP contribution in [0.2, 0.25) is 0 Å². The van der Waals surface area contributed by atoms with E-state index < -0.39 is 4.92 Å². The van der Waals surface area contributed by atoms with Gasteiger partial charge in [-0.25, -0.2) is 4.98 Å². The lowest BCUT2D eigenvalue weighted by molar-refractivity contribution is -0.401. The van der Waals surface area contributed by atoms with Gasteiger partial charge in [0.25, 0.3) is 0 Å². The number of fused-ring (bicyclic) bond motifs is 1. The SMILES string of the molecule is O=[N+]([O-])c1ccc(-c2nc3ccccc3s2)o1. The molecule has 0 spiro atoms. The van der Waals surface area contributed by atoms with Gasteiger partial charge >= 0.3 is 5.88 Å². The number of hydrogen-bond donors (Lipinski definition) is 0. The third kappa shape index (κ3) is 1.68. The Kier molecular flexibility index (Phi) is 2.15. The van der Waals surface area contributed by atoms with Gasteiger partial charge in [-0.05, 0) is 18.2 Å². The normalized spacial score (nSPS) is 10.8. The van der Waals surface area contributed by atoms with Gasteiger partial charge in [-0.2, -0.15) is 0 Å². The number of furan rings is 1. The van der Waals surface area contributed by atoms with Crippen molar-refractivity contribution in [3.63, 3.8) is 0 Å². The zero-order valence-electron chi connectivity index (χ0n) is 8.49. The molecule has 0 fully saturated rings. The van der Waals surface area contributed by atoms with Gasteiger partial charge in [0.15, 0.2) is 10.8 Å². The largest absolute Gasteiger partial charge is 0.433 e. The highest BCUT2D eigenvalue weighted by molar-refractivity contribution is 7.21. The zero-order chi connectivity index (χ0) is 11.8. The summed E-state index contributed by atoms with van der Waals surface area (Å²) in [6, 6.07) is 10.6. The second-order valence-electron chi connectivity index (χ2n) is 3.38. The number of nitro groups is 1. The second-order valence-corrected chi connectivity index (χ2v) is 4.41. The van der Waals surface area contributed by atoms with Crippen molar-refractivity contribution in [1.29, 1.82) is 0 Å². The monoisotopic (exact) mass is 246 g/mol. The van der Waals surface area contributed by atoms with E-state index in [1.165, 1.54) is 17.4 Å². The topological polar surface area (TPSA) is 69.2 Å². The first-order valence-electron chi connectivity index (χ1n) is 4.84. The highest BCUT2D eigenvalue weighted by Crippen LogP contribution is 2.32. The number of rotatable bonds is 2.